The number of anilines is 1. The molecule has 4 rings (SSSR count). The van der Waals surface area contributed by atoms with Crippen LogP contribution in [-0.2, 0) is 0 Å². The van der Waals surface area contributed by atoms with Crippen molar-refractivity contribution in [2.75, 3.05) is 12.0 Å². The second-order valence-corrected chi connectivity index (χ2v) is 7.68. The van der Waals surface area contributed by atoms with E-state index in [1.807, 2.05) is 24.3 Å². The molecule has 2 aromatic rings. The monoisotopic (exact) mass is 349 g/mol. The molecular weight excluding hydrogens is 332 g/mol. The van der Waals surface area contributed by atoms with Crippen LogP contribution in [0.5, 0.6) is 0 Å². The highest BCUT2D eigenvalue weighted by Crippen LogP contribution is 2.43. The zero-order chi connectivity index (χ0) is 16.7. The van der Waals surface area contributed by atoms with Gasteiger partial charge >= 0.3 is 0 Å². The third kappa shape index (κ3) is 2.58. The van der Waals surface area contributed by atoms with Crippen molar-refractivity contribution < 1.29 is 5.41 Å². The second-order valence-electron chi connectivity index (χ2n) is 5.72. The summed E-state index contributed by atoms with van der Waals surface area (Å²) >= 11 is 3.48. The van der Waals surface area contributed by atoms with Crippen LogP contribution in [0.3, 0.4) is 0 Å². The van der Waals surface area contributed by atoms with Gasteiger partial charge in [-0.2, -0.15) is 0 Å². The predicted molar refractivity (Wildman–Crippen MR) is 105 cm³/mol. The van der Waals surface area contributed by atoms with Gasteiger partial charge in [-0.3, -0.25) is 5.41 Å². The summed E-state index contributed by atoms with van der Waals surface area (Å²) in [6.07, 6.45) is 2.09. The Bertz CT molecular complexity index is 1070. The molecule has 24 heavy (non-hydrogen) atoms. The second kappa shape index (κ2) is 5.96. The van der Waals surface area contributed by atoms with Gasteiger partial charge in [0.15, 0.2) is 5.36 Å². The van der Waals surface area contributed by atoms with Gasteiger partial charge in [-0.15, -0.1) is 23.1 Å². The number of fused-ring (bicyclic) bond motifs is 2. The molecule has 0 aromatic heterocycles. The summed E-state index contributed by atoms with van der Waals surface area (Å²) in [7, 11) is 0. The molecule has 0 radical (unpaired) electrons. The molecular formula is C20H17N2S2+. The standard InChI is InChI=1S/C20H16N2S2/c1-23-15-6-2-12(3-7-15)20-16-8-4-13(21)10-18(16)24-19-11-14(22)5-9-17(19)20/h2-11,21H,22H2,1H3/p+1. The summed E-state index contributed by atoms with van der Waals surface area (Å²) in [6.45, 7) is 0. The Morgan fingerprint density at radius 3 is 2.50 bits per heavy atom. The highest BCUT2D eigenvalue weighted by atomic mass is 32.2. The minimum Gasteiger partial charge on any atom is -0.399 e. The van der Waals surface area contributed by atoms with Crippen LogP contribution in [0.4, 0.5) is 5.69 Å². The topological polar surface area (TPSA) is 51.6 Å². The number of hydrogen-bond donors (Lipinski definition) is 2. The number of nitrogen functional groups attached to an aromatic ring is 1. The van der Waals surface area contributed by atoms with Gasteiger partial charge in [-0.05, 0) is 47.7 Å². The van der Waals surface area contributed by atoms with Crippen LogP contribution < -0.4 is 16.5 Å². The van der Waals surface area contributed by atoms with Crippen molar-refractivity contribution in [2.24, 2.45) is 0 Å². The molecule has 0 atom stereocenters. The molecule has 118 valence electrons. The summed E-state index contributed by atoms with van der Waals surface area (Å²) in [5.74, 6) is 0. The highest BCUT2D eigenvalue weighted by molar-refractivity contribution is 7.98. The van der Waals surface area contributed by atoms with E-state index in [2.05, 4.69) is 42.7 Å². The molecule has 0 bridgehead atoms. The summed E-state index contributed by atoms with van der Waals surface area (Å²) in [5.41, 5.74) is 10.5. The van der Waals surface area contributed by atoms with E-state index in [-0.39, 0.29) is 0 Å². The lowest BCUT2D eigenvalue weighted by Crippen LogP contribution is -2.44. The Hall–Kier alpha value is -2.30. The Balaban J connectivity index is 2.11. The van der Waals surface area contributed by atoms with Gasteiger partial charge in [-0.25, -0.2) is 0 Å². The highest BCUT2D eigenvalue weighted by Gasteiger charge is 2.16. The Morgan fingerprint density at radius 1 is 0.958 bits per heavy atom. The molecule has 2 aliphatic rings. The van der Waals surface area contributed by atoms with Crippen molar-refractivity contribution in [1.29, 1.82) is 0 Å². The van der Waals surface area contributed by atoms with Gasteiger partial charge in [-0.1, -0.05) is 18.2 Å². The Kier molecular flexibility index (Phi) is 3.79. The number of rotatable bonds is 2. The third-order valence-corrected chi connectivity index (χ3v) is 6.01. The fourth-order valence-electron chi connectivity index (χ4n) is 2.99. The molecule has 0 saturated carbocycles. The summed E-state index contributed by atoms with van der Waals surface area (Å²) < 4.78 is 1.18. The lowest BCUT2D eigenvalue weighted by molar-refractivity contribution is -0.172. The van der Waals surface area contributed by atoms with E-state index in [1.165, 1.54) is 36.5 Å². The van der Waals surface area contributed by atoms with Gasteiger partial charge in [0, 0.05) is 43.2 Å². The molecule has 1 heterocycles. The van der Waals surface area contributed by atoms with Crippen molar-refractivity contribution in [2.45, 2.75) is 4.90 Å². The third-order valence-electron chi connectivity index (χ3n) is 4.15. The summed E-state index contributed by atoms with van der Waals surface area (Å²) in [6, 6.07) is 21.0. The molecule has 0 unspecified atom stereocenters. The molecule has 4 N–H and O–H groups in total. The van der Waals surface area contributed by atoms with Gasteiger partial charge in [0.05, 0.1) is 0 Å². The van der Waals surface area contributed by atoms with E-state index in [4.69, 9.17) is 11.1 Å². The quantitative estimate of drug-likeness (QED) is 0.330. The first-order valence-corrected chi connectivity index (χ1v) is 9.69. The maximum Gasteiger partial charge on any atom is 0.198 e. The average Bonchev–Trinajstić information content (AvgIpc) is 2.59. The van der Waals surface area contributed by atoms with Crippen molar-refractivity contribution in [3.05, 3.63) is 66.0 Å². The smallest absolute Gasteiger partial charge is 0.198 e. The number of nitrogens with two attached hydrogens (primary N) is 2. The fourth-order valence-corrected chi connectivity index (χ4v) is 4.59. The van der Waals surface area contributed by atoms with Crippen LogP contribution in [0.25, 0.3) is 31.7 Å². The zero-order valence-corrected chi connectivity index (χ0v) is 14.9. The van der Waals surface area contributed by atoms with Crippen molar-refractivity contribution in [1.82, 2.24) is 0 Å². The van der Waals surface area contributed by atoms with E-state index in [0.717, 1.165) is 11.0 Å². The maximum absolute atomic E-state index is 6.00. The first-order valence-electron chi connectivity index (χ1n) is 7.65. The van der Waals surface area contributed by atoms with Crippen LogP contribution in [0.15, 0.2) is 65.6 Å². The molecule has 0 amide bonds. The number of hydrogen-bond acceptors (Lipinski definition) is 3. The van der Waals surface area contributed by atoms with E-state index >= 15 is 0 Å². The van der Waals surface area contributed by atoms with Crippen molar-refractivity contribution >= 4 is 38.9 Å². The van der Waals surface area contributed by atoms with Crippen molar-refractivity contribution in [3.63, 3.8) is 0 Å². The first-order chi connectivity index (χ1) is 11.7. The van der Waals surface area contributed by atoms with E-state index in [9.17, 15) is 0 Å². The molecule has 0 saturated heterocycles. The lowest BCUT2D eigenvalue weighted by atomic mass is 9.95. The van der Waals surface area contributed by atoms with Crippen LogP contribution in [0, 0.1) is 0 Å². The van der Waals surface area contributed by atoms with Crippen LogP contribution >= 0.6 is 23.1 Å². The van der Waals surface area contributed by atoms with E-state index in [1.54, 1.807) is 23.1 Å². The number of thioether (sulfide) groups is 1. The molecule has 2 nitrogen and oxygen atoms in total. The minimum atomic E-state index is 0.783. The summed E-state index contributed by atoms with van der Waals surface area (Å²) in [5, 5.41) is 8.01. The molecule has 2 aromatic carbocycles. The fraction of sp³-hybridized carbons (Fsp3) is 0.0500. The van der Waals surface area contributed by atoms with Crippen LogP contribution in [0.1, 0.15) is 0 Å². The lowest BCUT2D eigenvalue weighted by Gasteiger charge is -2.15. The van der Waals surface area contributed by atoms with Crippen LogP contribution in [0.2, 0.25) is 0 Å². The molecule has 4 heteroatoms. The molecule has 1 aliphatic carbocycles. The normalized spacial score (nSPS) is 11.2. The van der Waals surface area contributed by atoms with Gasteiger partial charge in [0.1, 0.15) is 0 Å². The molecule has 0 spiro atoms. The largest absolute Gasteiger partial charge is 0.399 e. The Morgan fingerprint density at radius 2 is 1.75 bits per heavy atom. The minimum absolute atomic E-state index is 0.783. The first kappa shape index (κ1) is 15.2. The Labute approximate surface area is 148 Å². The number of benzene rings is 3. The maximum atomic E-state index is 6.00. The van der Waals surface area contributed by atoms with Gasteiger partial charge in [0.25, 0.3) is 0 Å². The zero-order valence-electron chi connectivity index (χ0n) is 13.2. The van der Waals surface area contributed by atoms with E-state index in [0.29, 0.717) is 0 Å². The van der Waals surface area contributed by atoms with Crippen LogP contribution in [-0.4, -0.2) is 6.26 Å². The summed E-state index contributed by atoms with van der Waals surface area (Å²) in [4.78, 5) is 2.44. The van der Waals surface area contributed by atoms with Crippen molar-refractivity contribution in [3.8, 4) is 21.6 Å². The predicted octanol–water partition coefficient (Wildman–Crippen LogP) is 3.64. The SMILES string of the molecule is CSc1ccc(-c2c3ccc(=[NH2+])cc-3sc3cc(N)ccc23)cc1. The van der Waals surface area contributed by atoms with Gasteiger partial charge in [0.2, 0.25) is 0 Å². The molecule has 0 fully saturated rings. The molecule has 1 aliphatic heterocycles. The van der Waals surface area contributed by atoms with E-state index < -0.39 is 0 Å². The van der Waals surface area contributed by atoms with Gasteiger partial charge < -0.3 is 5.73 Å². The average molecular weight is 350 g/mol.